The lowest BCUT2D eigenvalue weighted by Crippen LogP contribution is -2.74. The molecule has 0 aliphatic heterocycles. The summed E-state index contributed by atoms with van der Waals surface area (Å²) in [6.07, 6.45) is -9.09. The summed E-state index contributed by atoms with van der Waals surface area (Å²) in [4.78, 5) is 70.4. The minimum Gasteiger partial charge on any atom is -0.466 e. The molecule has 0 aromatic heterocycles. The van der Waals surface area contributed by atoms with Gasteiger partial charge in [0, 0.05) is 48.0 Å². The average molecular weight is 476 g/mol. The van der Waals surface area contributed by atoms with Crippen molar-refractivity contribution in [3.8, 4) is 0 Å². The average Bonchev–Trinajstić information content (AvgIpc) is 2.63. The van der Waals surface area contributed by atoms with E-state index >= 15 is 0 Å². The van der Waals surface area contributed by atoms with E-state index in [1.807, 2.05) is 0 Å². The van der Waals surface area contributed by atoms with Crippen LogP contribution in [0.15, 0.2) is 0 Å². The van der Waals surface area contributed by atoms with Crippen LogP contribution in [-0.4, -0.2) is 83.7 Å². The molecular formula is C20H28O13. The fourth-order valence-electron chi connectivity index (χ4n) is 3.57. The zero-order chi connectivity index (χ0) is 25.5. The van der Waals surface area contributed by atoms with Crippen LogP contribution in [0, 0.1) is 0 Å². The Hall–Kier alpha value is -3.22. The second kappa shape index (κ2) is 11.6. The topological polar surface area (TPSA) is 178 Å². The smallest absolute Gasteiger partial charge is 0.303 e. The molecule has 1 aliphatic carbocycles. The van der Waals surface area contributed by atoms with Crippen LogP contribution in [0.1, 0.15) is 48.0 Å². The molecule has 33 heavy (non-hydrogen) atoms. The lowest BCUT2D eigenvalue weighted by atomic mass is 9.72. The number of aliphatic hydroxyl groups is 1. The summed E-state index contributed by atoms with van der Waals surface area (Å²) in [7, 11) is 0. The van der Waals surface area contributed by atoms with Gasteiger partial charge in [-0.05, 0) is 0 Å². The van der Waals surface area contributed by atoms with Crippen molar-refractivity contribution in [1.29, 1.82) is 0 Å². The highest BCUT2D eigenvalue weighted by Crippen LogP contribution is 2.41. The van der Waals surface area contributed by atoms with E-state index in [2.05, 4.69) is 0 Å². The lowest BCUT2D eigenvalue weighted by Gasteiger charge is -2.52. The summed E-state index contributed by atoms with van der Waals surface area (Å²) >= 11 is 0. The van der Waals surface area contributed by atoms with E-state index in [1.54, 1.807) is 0 Å². The third-order valence-corrected chi connectivity index (χ3v) is 4.53. The van der Waals surface area contributed by atoms with E-state index in [0.29, 0.717) is 0 Å². The normalized spacial score (nSPS) is 28.6. The van der Waals surface area contributed by atoms with Crippen LogP contribution in [0.25, 0.3) is 0 Å². The molecule has 13 heteroatoms. The lowest BCUT2D eigenvalue weighted by molar-refractivity contribution is -0.288. The Morgan fingerprint density at radius 3 is 1.21 bits per heavy atom. The second-order valence-corrected chi connectivity index (χ2v) is 7.36. The highest BCUT2D eigenvalue weighted by molar-refractivity contribution is 5.70. The first-order chi connectivity index (χ1) is 15.2. The molecule has 1 rings (SSSR count). The summed E-state index contributed by atoms with van der Waals surface area (Å²) in [6, 6.07) is 0. The molecule has 0 radical (unpaired) electrons. The predicted molar refractivity (Wildman–Crippen MR) is 104 cm³/mol. The third-order valence-electron chi connectivity index (χ3n) is 4.53. The first-order valence-electron chi connectivity index (χ1n) is 9.90. The van der Waals surface area contributed by atoms with Crippen molar-refractivity contribution >= 4 is 35.8 Å². The minimum absolute atomic E-state index is 0.445. The fourth-order valence-corrected chi connectivity index (χ4v) is 3.57. The second-order valence-electron chi connectivity index (χ2n) is 7.36. The number of hydrogen-bond donors (Lipinski definition) is 1. The molecule has 1 fully saturated rings. The van der Waals surface area contributed by atoms with Crippen molar-refractivity contribution in [3.63, 3.8) is 0 Å². The summed E-state index contributed by atoms with van der Waals surface area (Å²) < 4.78 is 30.9. The maximum atomic E-state index is 11.9. The van der Waals surface area contributed by atoms with Crippen molar-refractivity contribution in [2.24, 2.45) is 0 Å². The third kappa shape index (κ3) is 7.70. The number of esters is 6. The molecule has 6 atom stereocenters. The van der Waals surface area contributed by atoms with Crippen LogP contribution < -0.4 is 0 Å². The first-order valence-corrected chi connectivity index (χ1v) is 9.90. The van der Waals surface area contributed by atoms with Gasteiger partial charge in [0.1, 0.15) is 5.60 Å². The van der Waals surface area contributed by atoms with Gasteiger partial charge in [0.25, 0.3) is 0 Å². The highest BCUT2D eigenvalue weighted by Gasteiger charge is 2.66. The molecule has 0 bridgehead atoms. The van der Waals surface area contributed by atoms with E-state index in [9.17, 15) is 33.9 Å². The van der Waals surface area contributed by atoms with Crippen molar-refractivity contribution in [1.82, 2.24) is 0 Å². The molecule has 1 aliphatic rings. The van der Waals surface area contributed by atoms with Gasteiger partial charge in [-0.2, -0.15) is 0 Å². The van der Waals surface area contributed by atoms with Gasteiger partial charge in [0.2, 0.25) is 0 Å². The monoisotopic (exact) mass is 476 g/mol. The Morgan fingerprint density at radius 2 is 0.909 bits per heavy atom. The number of carbonyl (C=O) groups is 6. The molecule has 0 aromatic rings. The van der Waals surface area contributed by atoms with Crippen molar-refractivity contribution in [2.45, 2.75) is 84.1 Å². The van der Waals surface area contributed by atoms with Crippen molar-refractivity contribution < 1.29 is 62.3 Å². The van der Waals surface area contributed by atoms with E-state index in [-0.39, 0.29) is 0 Å². The minimum atomic E-state index is -2.41. The molecule has 186 valence electrons. The first kappa shape index (κ1) is 27.8. The Balaban J connectivity index is 3.75. The van der Waals surface area contributed by atoms with Gasteiger partial charge in [-0.15, -0.1) is 0 Å². The molecule has 0 spiro atoms. The summed E-state index contributed by atoms with van der Waals surface area (Å²) in [6.45, 7) is 5.68. The largest absolute Gasteiger partial charge is 0.466 e. The number of carbonyl (C=O) groups excluding carboxylic acids is 6. The summed E-state index contributed by atoms with van der Waals surface area (Å²) in [5, 5.41) is 11.7. The molecule has 13 nitrogen and oxygen atoms in total. The van der Waals surface area contributed by atoms with E-state index < -0.39 is 85.0 Å². The maximum Gasteiger partial charge on any atom is 0.303 e. The summed E-state index contributed by atoms with van der Waals surface area (Å²) in [5.74, 6) is -5.29. The van der Waals surface area contributed by atoms with Gasteiger partial charge in [-0.25, -0.2) is 0 Å². The SMILES string of the molecule is CC(=O)OCCC1(O)C(OC(C)=O)C(OC(C)=O)C(OC(C)=O)C(OC(C)=O)[C@@H]1OC(C)=O. The van der Waals surface area contributed by atoms with Crippen LogP contribution in [0.4, 0.5) is 0 Å². The van der Waals surface area contributed by atoms with Crippen LogP contribution in [-0.2, 0) is 57.2 Å². The van der Waals surface area contributed by atoms with Gasteiger partial charge in [0.15, 0.2) is 30.5 Å². The number of ether oxygens (including phenoxy) is 6. The molecule has 0 saturated heterocycles. The molecular weight excluding hydrogens is 448 g/mol. The quantitative estimate of drug-likeness (QED) is 0.345. The molecule has 0 amide bonds. The standard InChI is InChI=1S/C20H28O13/c1-9(21)28-8-7-20(27)18(32-13(5)25)16(30-11(3)23)15(29-10(2)22)17(31-12(4)24)19(20)33-14(6)26/h15-19,27H,7-8H2,1-6H3/t15?,16?,17?,18-,19?,20?/m0/s1. The maximum absolute atomic E-state index is 11.9. The Bertz CT molecular complexity index is 745. The van der Waals surface area contributed by atoms with Gasteiger partial charge < -0.3 is 33.5 Å². The highest BCUT2D eigenvalue weighted by atomic mass is 16.7. The van der Waals surface area contributed by atoms with Crippen molar-refractivity contribution in [2.75, 3.05) is 6.61 Å². The van der Waals surface area contributed by atoms with Gasteiger partial charge >= 0.3 is 35.8 Å². The van der Waals surface area contributed by atoms with Gasteiger partial charge in [0.05, 0.1) is 6.61 Å². The van der Waals surface area contributed by atoms with Crippen LogP contribution in [0.5, 0.6) is 0 Å². The Morgan fingerprint density at radius 1 is 0.576 bits per heavy atom. The predicted octanol–water partition coefficient (Wildman–Crippen LogP) is -0.657. The number of rotatable bonds is 8. The van der Waals surface area contributed by atoms with Gasteiger partial charge in [-0.3, -0.25) is 28.8 Å². The zero-order valence-corrected chi connectivity index (χ0v) is 19.1. The Labute approximate surface area is 189 Å². The fraction of sp³-hybridized carbons (Fsp3) is 0.700. The zero-order valence-electron chi connectivity index (χ0n) is 19.1. The molecule has 1 saturated carbocycles. The van der Waals surface area contributed by atoms with Crippen molar-refractivity contribution in [3.05, 3.63) is 0 Å². The molecule has 5 unspecified atom stereocenters. The van der Waals surface area contributed by atoms with E-state index in [0.717, 1.165) is 41.5 Å². The molecule has 0 aromatic carbocycles. The van der Waals surface area contributed by atoms with E-state index in [4.69, 9.17) is 28.4 Å². The Kier molecular flexibility index (Phi) is 9.77. The van der Waals surface area contributed by atoms with E-state index in [1.165, 1.54) is 0 Å². The molecule has 1 N–H and O–H groups in total. The van der Waals surface area contributed by atoms with Crippen LogP contribution in [0.3, 0.4) is 0 Å². The molecule has 0 heterocycles. The van der Waals surface area contributed by atoms with Crippen LogP contribution >= 0.6 is 0 Å². The van der Waals surface area contributed by atoms with Gasteiger partial charge in [-0.1, -0.05) is 0 Å². The summed E-state index contributed by atoms with van der Waals surface area (Å²) in [5.41, 5.74) is -2.41. The van der Waals surface area contributed by atoms with Crippen LogP contribution in [0.2, 0.25) is 0 Å². The number of hydrogen-bond acceptors (Lipinski definition) is 13.